The van der Waals surface area contributed by atoms with E-state index in [-0.39, 0.29) is 6.61 Å². The van der Waals surface area contributed by atoms with Crippen LogP contribution in [-0.2, 0) is 4.74 Å². The Bertz CT molecular complexity index is 319. The molecule has 1 aromatic rings. The highest BCUT2D eigenvalue weighted by Crippen LogP contribution is 2.16. The lowest BCUT2D eigenvalue weighted by Gasteiger charge is -2.31. The van der Waals surface area contributed by atoms with Crippen molar-refractivity contribution in [3.8, 4) is 5.88 Å². The zero-order valence-electron chi connectivity index (χ0n) is 8.82. The lowest BCUT2D eigenvalue weighted by molar-refractivity contribution is -0.144. The third-order valence-corrected chi connectivity index (χ3v) is 2.55. The van der Waals surface area contributed by atoms with Crippen LogP contribution in [0.15, 0.2) is 24.4 Å². The summed E-state index contributed by atoms with van der Waals surface area (Å²) in [6.07, 6.45) is -0.0295. The maximum atomic E-state index is 9.64. The molecule has 2 heterocycles. The van der Waals surface area contributed by atoms with Gasteiger partial charge in [-0.15, -0.1) is 0 Å². The Kier molecular flexibility index (Phi) is 3.71. The van der Waals surface area contributed by atoms with Crippen LogP contribution in [0.5, 0.6) is 5.88 Å². The summed E-state index contributed by atoms with van der Waals surface area (Å²) < 4.78 is 10.7. The Morgan fingerprint density at radius 3 is 3.06 bits per heavy atom. The molecule has 1 aliphatic heterocycles. The van der Waals surface area contributed by atoms with E-state index >= 15 is 0 Å². The van der Waals surface area contributed by atoms with E-state index in [4.69, 9.17) is 9.47 Å². The summed E-state index contributed by atoms with van der Waals surface area (Å²) in [7, 11) is 0. The van der Waals surface area contributed by atoms with Crippen molar-refractivity contribution in [1.82, 2.24) is 4.98 Å². The average molecular weight is 225 g/mol. The Labute approximate surface area is 93.7 Å². The van der Waals surface area contributed by atoms with Gasteiger partial charge in [0.15, 0.2) is 0 Å². The second kappa shape index (κ2) is 5.25. The molecule has 0 aromatic carbocycles. The molecule has 1 fully saturated rings. The van der Waals surface area contributed by atoms with Gasteiger partial charge in [-0.05, 0) is 12.5 Å². The molecule has 1 aromatic heterocycles. The molecule has 0 saturated carbocycles. The summed E-state index contributed by atoms with van der Waals surface area (Å²) in [6.45, 7) is 0.629. The van der Waals surface area contributed by atoms with E-state index in [0.29, 0.717) is 18.9 Å². The summed E-state index contributed by atoms with van der Waals surface area (Å²) in [6, 6.07) is 5.34. The van der Waals surface area contributed by atoms with Gasteiger partial charge in [0.2, 0.25) is 5.88 Å². The molecule has 0 amide bonds. The van der Waals surface area contributed by atoms with E-state index in [1.165, 1.54) is 0 Å². The quantitative estimate of drug-likeness (QED) is 0.756. The summed E-state index contributed by atoms with van der Waals surface area (Å²) in [5, 5.41) is 19.1. The van der Waals surface area contributed by atoms with Crippen molar-refractivity contribution in [1.29, 1.82) is 0 Å². The summed E-state index contributed by atoms with van der Waals surface area (Å²) >= 11 is 0. The molecule has 3 unspecified atom stereocenters. The number of nitrogens with zero attached hydrogens (tertiary/aromatic N) is 1. The van der Waals surface area contributed by atoms with Crippen LogP contribution < -0.4 is 4.74 Å². The van der Waals surface area contributed by atoms with Gasteiger partial charge in [0.1, 0.15) is 18.8 Å². The van der Waals surface area contributed by atoms with Gasteiger partial charge in [-0.2, -0.15) is 0 Å². The largest absolute Gasteiger partial charge is 0.475 e. The molecule has 0 aliphatic carbocycles. The van der Waals surface area contributed by atoms with Gasteiger partial charge >= 0.3 is 0 Å². The van der Waals surface area contributed by atoms with Crippen LogP contribution in [0.1, 0.15) is 6.42 Å². The molecule has 1 saturated heterocycles. The van der Waals surface area contributed by atoms with Gasteiger partial charge in [0.25, 0.3) is 0 Å². The summed E-state index contributed by atoms with van der Waals surface area (Å²) in [5.74, 6) is 0.485. The van der Waals surface area contributed by atoms with Crippen molar-refractivity contribution < 1.29 is 19.7 Å². The van der Waals surface area contributed by atoms with Crippen molar-refractivity contribution in [2.45, 2.75) is 24.7 Å². The second-order valence-electron chi connectivity index (χ2n) is 3.73. The van der Waals surface area contributed by atoms with Crippen LogP contribution in [0.25, 0.3) is 0 Å². The molecule has 88 valence electrons. The minimum atomic E-state index is -0.891. The number of aliphatic hydroxyl groups excluding tert-OH is 2. The minimum Gasteiger partial charge on any atom is -0.475 e. The number of ether oxygens (including phenoxy) is 2. The van der Waals surface area contributed by atoms with Crippen LogP contribution >= 0.6 is 0 Å². The molecule has 1 aliphatic rings. The monoisotopic (exact) mass is 225 g/mol. The Morgan fingerprint density at radius 1 is 1.44 bits per heavy atom. The first kappa shape index (κ1) is 11.3. The lowest BCUT2D eigenvalue weighted by Crippen LogP contribution is -2.47. The number of rotatable bonds is 3. The predicted octanol–water partition coefficient (Wildman–Crippen LogP) is -0.0289. The van der Waals surface area contributed by atoms with Gasteiger partial charge in [0, 0.05) is 18.9 Å². The van der Waals surface area contributed by atoms with E-state index in [9.17, 15) is 10.2 Å². The topological polar surface area (TPSA) is 71.8 Å². The first-order valence-corrected chi connectivity index (χ1v) is 5.29. The number of pyridine rings is 1. The molecule has 0 radical (unpaired) electrons. The van der Waals surface area contributed by atoms with Gasteiger partial charge < -0.3 is 19.7 Å². The predicted molar refractivity (Wildman–Crippen MR) is 56.1 cm³/mol. The molecular weight excluding hydrogens is 210 g/mol. The normalized spacial score (nSPS) is 30.0. The molecule has 5 nitrogen and oxygen atoms in total. The molecule has 3 atom stereocenters. The van der Waals surface area contributed by atoms with Gasteiger partial charge in [-0.3, -0.25) is 0 Å². The summed E-state index contributed by atoms with van der Waals surface area (Å²) in [4.78, 5) is 3.99. The van der Waals surface area contributed by atoms with E-state index in [1.54, 1.807) is 18.3 Å². The maximum absolute atomic E-state index is 9.64. The Hall–Kier alpha value is -1.17. The zero-order chi connectivity index (χ0) is 11.4. The Balaban J connectivity index is 1.85. The van der Waals surface area contributed by atoms with E-state index < -0.39 is 18.3 Å². The fraction of sp³-hybridized carbons (Fsp3) is 0.545. The van der Waals surface area contributed by atoms with Gasteiger partial charge in [-0.25, -0.2) is 4.98 Å². The minimum absolute atomic E-state index is 0.190. The van der Waals surface area contributed by atoms with Crippen LogP contribution in [0.4, 0.5) is 0 Å². The zero-order valence-corrected chi connectivity index (χ0v) is 8.82. The highest BCUT2D eigenvalue weighted by Gasteiger charge is 2.31. The number of hydrogen-bond acceptors (Lipinski definition) is 5. The molecule has 0 spiro atoms. The highest BCUT2D eigenvalue weighted by atomic mass is 16.5. The third-order valence-electron chi connectivity index (χ3n) is 2.55. The fourth-order valence-electron chi connectivity index (χ4n) is 1.60. The first-order chi connectivity index (χ1) is 7.77. The smallest absolute Gasteiger partial charge is 0.213 e. The van der Waals surface area contributed by atoms with Gasteiger partial charge in [-0.1, -0.05) is 6.07 Å². The highest BCUT2D eigenvalue weighted by molar-refractivity contribution is 5.09. The van der Waals surface area contributed by atoms with Crippen LogP contribution in [-0.4, -0.2) is 46.7 Å². The summed E-state index contributed by atoms with van der Waals surface area (Å²) in [5.41, 5.74) is 0. The number of aromatic nitrogens is 1. The molecular formula is C11H15NO4. The van der Waals surface area contributed by atoms with E-state index in [0.717, 1.165) is 0 Å². The lowest BCUT2D eigenvalue weighted by atomic mass is 10.0. The first-order valence-electron chi connectivity index (χ1n) is 5.29. The van der Waals surface area contributed by atoms with E-state index in [2.05, 4.69) is 4.98 Å². The van der Waals surface area contributed by atoms with Crippen molar-refractivity contribution >= 4 is 0 Å². The number of hydrogen-bond donors (Lipinski definition) is 2. The molecule has 5 heteroatoms. The SMILES string of the molecule is OC1CCOC(COc2ccccn2)C1O. The molecule has 16 heavy (non-hydrogen) atoms. The molecule has 2 rings (SSSR count). The van der Waals surface area contributed by atoms with Crippen LogP contribution in [0.3, 0.4) is 0 Å². The van der Waals surface area contributed by atoms with Crippen molar-refractivity contribution in [2.24, 2.45) is 0 Å². The standard InChI is InChI=1S/C11H15NO4/c13-8-4-6-15-9(11(8)14)7-16-10-3-1-2-5-12-10/h1-3,5,8-9,11,13-14H,4,6-7H2. The second-order valence-corrected chi connectivity index (χ2v) is 3.73. The van der Waals surface area contributed by atoms with Crippen LogP contribution in [0.2, 0.25) is 0 Å². The van der Waals surface area contributed by atoms with Gasteiger partial charge in [0.05, 0.1) is 6.10 Å². The molecule has 0 bridgehead atoms. The van der Waals surface area contributed by atoms with E-state index in [1.807, 2.05) is 6.07 Å². The van der Waals surface area contributed by atoms with Crippen molar-refractivity contribution in [3.05, 3.63) is 24.4 Å². The van der Waals surface area contributed by atoms with Crippen molar-refractivity contribution in [2.75, 3.05) is 13.2 Å². The third kappa shape index (κ3) is 2.69. The maximum Gasteiger partial charge on any atom is 0.213 e. The van der Waals surface area contributed by atoms with Crippen LogP contribution in [0, 0.1) is 0 Å². The fourth-order valence-corrected chi connectivity index (χ4v) is 1.60. The number of aliphatic hydroxyl groups is 2. The molecule has 2 N–H and O–H groups in total. The Morgan fingerprint density at radius 2 is 2.31 bits per heavy atom. The van der Waals surface area contributed by atoms with Crippen molar-refractivity contribution in [3.63, 3.8) is 0 Å². The average Bonchev–Trinajstić information content (AvgIpc) is 2.32.